The first-order valence-electron chi connectivity index (χ1n) is 4.44. The van der Waals surface area contributed by atoms with Crippen molar-refractivity contribution in [1.29, 1.82) is 0 Å². The van der Waals surface area contributed by atoms with Gasteiger partial charge in [0.2, 0.25) is 0 Å². The van der Waals surface area contributed by atoms with Gasteiger partial charge >= 0.3 is 5.97 Å². The van der Waals surface area contributed by atoms with E-state index < -0.39 is 28.3 Å². The van der Waals surface area contributed by atoms with Crippen molar-refractivity contribution in [3.63, 3.8) is 0 Å². The van der Waals surface area contributed by atoms with Crippen LogP contribution in [0.3, 0.4) is 0 Å². The first kappa shape index (κ1) is 12.8. The number of hydrogen-bond donors (Lipinski definition) is 0. The molecule has 0 radical (unpaired) electrons. The summed E-state index contributed by atoms with van der Waals surface area (Å²) in [7, 11) is 0. The third-order valence-corrected chi connectivity index (χ3v) is 2.14. The highest BCUT2D eigenvalue weighted by Gasteiger charge is 2.20. The van der Waals surface area contributed by atoms with E-state index in [1.807, 2.05) is 0 Å². The topological polar surface area (TPSA) is 56.3 Å². The highest BCUT2D eigenvalue weighted by molar-refractivity contribution is 9.10. The lowest BCUT2D eigenvalue weighted by molar-refractivity contribution is -0.132. The maximum Gasteiger partial charge on any atom is 0.309 e. The molecule has 0 aliphatic heterocycles. The summed E-state index contributed by atoms with van der Waals surface area (Å²) >= 11 is 3.04. The van der Waals surface area contributed by atoms with Crippen LogP contribution in [-0.4, -0.2) is 21.6 Å². The molecule has 0 bridgehead atoms. The second kappa shape index (κ2) is 5.16. The van der Waals surface area contributed by atoms with E-state index in [0.717, 1.165) is 6.92 Å². The van der Waals surface area contributed by atoms with Crippen LogP contribution in [0.4, 0.5) is 4.39 Å². The quantitative estimate of drug-likeness (QED) is 0.486. The highest BCUT2D eigenvalue weighted by Crippen LogP contribution is 2.20. The fourth-order valence-corrected chi connectivity index (χ4v) is 1.28. The van der Waals surface area contributed by atoms with Gasteiger partial charge in [-0.1, -0.05) is 15.9 Å². The summed E-state index contributed by atoms with van der Waals surface area (Å²) in [5, 5.41) is 0. The summed E-state index contributed by atoms with van der Waals surface area (Å²) in [6, 6.07) is 1.24. The fourth-order valence-electron chi connectivity index (χ4n) is 1.04. The van der Waals surface area contributed by atoms with Crippen molar-refractivity contribution >= 4 is 27.7 Å². The van der Waals surface area contributed by atoms with Crippen molar-refractivity contribution in [2.45, 2.75) is 18.7 Å². The molecule has 6 heteroatoms. The number of rotatable bonds is 3. The smallest absolute Gasteiger partial charge is 0.309 e. The van der Waals surface area contributed by atoms with E-state index in [-0.39, 0.29) is 5.56 Å². The van der Waals surface area contributed by atoms with Crippen LogP contribution in [-0.2, 0) is 4.79 Å². The Labute approximate surface area is 99.9 Å². The fraction of sp³-hybridized carbons (Fsp3) is 0.300. The first-order chi connectivity index (χ1) is 7.43. The van der Waals surface area contributed by atoms with Gasteiger partial charge in [0.25, 0.3) is 5.88 Å². The summed E-state index contributed by atoms with van der Waals surface area (Å²) in [5.41, 5.74) is -0.157. The van der Waals surface area contributed by atoms with E-state index in [2.05, 4.69) is 25.7 Å². The summed E-state index contributed by atoms with van der Waals surface area (Å²) in [6.07, 6.45) is 1.21. The van der Waals surface area contributed by atoms with Crippen molar-refractivity contribution in [2.24, 2.45) is 0 Å². The molecule has 0 aliphatic rings. The lowest BCUT2D eigenvalue weighted by atomic mass is 10.1. The molecule has 0 aromatic carbocycles. The van der Waals surface area contributed by atoms with Crippen LogP contribution in [0.5, 0.6) is 5.88 Å². The maximum atomic E-state index is 13.7. The van der Waals surface area contributed by atoms with E-state index >= 15 is 0 Å². The second-order valence-corrected chi connectivity index (χ2v) is 4.43. The molecule has 86 valence electrons. The summed E-state index contributed by atoms with van der Waals surface area (Å²) in [4.78, 5) is 25.2. The van der Waals surface area contributed by atoms with Gasteiger partial charge in [0.15, 0.2) is 11.6 Å². The number of nitrogens with zero attached hydrogens (tertiary/aromatic N) is 1. The van der Waals surface area contributed by atoms with Crippen LogP contribution in [0.25, 0.3) is 0 Å². The standard InChI is InChI=1S/C10H9BrFNO3/c1-5(11)9(15)7-3-4-13-10(8(7)12)16-6(2)14/h3-5H,1-2H3. The van der Waals surface area contributed by atoms with Gasteiger partial charge in [0.1, 0.15) is 0 Å². The molecule has 0 aliphatic carbocycles. The average Bonchev–Trinajstić information content (AvgIpc) is 2.19. The van der Waals surface area contributed by atoms with Crippen LogP contribution >= 0.6 is 15.9 Å². The SMILES string of the molecule is CC(=O)Oc1nccc(C(=O)C(C)Br)c1F. The van der Waals surface area contributed by atoms with Crippen molar-refractivity contribution in [2.75, 3.05) is 0 Å². The second-order valence-electron chi connectivity index (χ2n) is 3.05. The monoisotopic (exact) mass is 289 g/mol. The Morgan fingerprint density at radius 3 is 2.69 bits per heavy atom. The molecule has 0 amide bonds. The Bertz CT molecular complexity index is 434. The molecule has 0 N–H and O–H groups in total. The minimum absolute atomic E-state index is 0.157. The molecule has 0 saturated heterocycles. The molecule has 1 heterocycles. The third-order valence-electron chi connectivity index (χ3n) is 1.72. The van der Waals surface area contributed by atoms with E-state index in [1.54, 1.807) is 6.92 Å². The largest absolute Gasteiger partial charge is 0.404 e. The van der Waals surface area contributed by atoms with Gasteiger partial charge in [0, 0.05) is 13.1 Å². The van der Waals surface area contributed by atoms with Crippen molar-refractivity contribution in [3.8, 4) is 5.88 Å². The van der Waals surface area contributed by atoms with E-state index in [9.17, 15) is 14.0 Å². The summed E-state index contributed by atoms with van der Waals surface area (Å²) in [6.45, 7) is 2.70. The number of Topliss-reactive ketones (excluding diaryl/α,β-unsaturated/α-hetero) is 1. The van der Waals surface area contributed by atoms with Crippen LogP contribution < -0.4 is 4.74 Å². The molecule has 1 unspecified atom stereocenters. The zero-order valence-corrected chi connectivity index (χ0v) is 10.2. The Balaban J connectivity index is 3.13. The molecule has 0 saturated carbocycles. The number of carbonyl (C=O) groups is 2. The number of carbonyl (C=O) groups excluding carboxylic acids is 2. The number of ether oxygens (including phenoxy) is 1. The van der Waals surface area contributed by atoms with Gasteiger partial charge in [-0.3, -0.25) is 9.59 Å². The molecular formula is C10H9BrFNO3. The van der Waals surface area contributed by atoms with Crippen molar-refractivity contribution in [1.82, 2.24) is 4.98 Å². The minimum atomic E-state index is -0.922. The normalized spacial score (nSPS) is 12.0. The zero-order valence-electron chi connectivity index (χ0n) is 8.66. The van der Waals surface area contributed by atoms with Gasteiger partial charge < -0.3 is 4.74 Å². The zero-order chi connectivity index (χ0) is 12.3. The molecule has 1 aromatic rings. The van der Waals surface area contributed by atoms with Crippen LogP contribution in [0.1, 0.15) is 24.2 Å². The Morgan fingerprint density at radius 1 is 1.56 bits per heavy atom. The van der Waals surface area contributed by atoms with Gasteiger partial charge in [0.05, 0.1) is 10.4 Å². The predicted octanol–water partition coefficient (Wildman–Crippen LogP) is 2.11. The predicted molar refractivity (Wildman–Crippen MR) is 58.2 cm³/mol. The Kier molecular flexibility index (Phi) is 4.12. The lowest BCUT2D eigenvalue weighted by Gasteiger charge is -2.06. The van der Waals surface area contributed by atoms with Gasteiger partial charge in [-0.05, 0) is 13.0 Å². The first-order valence-corrected chi connectivity index (χ1v) is 5.36. The Hall–Kier alpha value is -1.30. The molecule has 1 rings (SSSR count). The van der Waals surface area contributed by atoms with E-state index in [4.69, 9.17) is 0 Å². The minimum Gasteiger partial charge on any atom is -0.404 e. The number of halogens is 2. The highest BCUT2D eigenvalue weighted by atomic mass is 79.9. The van der Waals surface area contributed by atoms with Gasteiger partial charge in [-0.25, -0.2) is 9.37 Å². The third kappa shape index (κ3) is 2.85. The van der Waals surface area contributed by atoms with Gasteiger partial charge in [-0.2, -0.15) is 0 Å². The van der Waals surface area contributed by atoms with Crippen LogP contribution in [0.2, 0.25) is 0 Å². The molecule has 16 heavy (non-hydrogen) atoms. The van der Waals surface area contributed by atoms with E-state index in [1.165, 1.54) is 12.3 Å². The van der Waals surface area contributed by atoms with Crippen molar-refractivity contribution < 1.29 is 18.7 Å². The summed E-state index contributed by atoms with van der Waals surface area (Å²) < 4.78 is 18.2. The number of hydrogen-bond acceptors (Lipinski definition) is 4. The number of alkyl halides is 1. The molecule has 0 fully saturated rings. The molecule has 0 spiro atoms. The molecular weight excluding hydrogens is 281 g/mol. The van der Waals surface area contributed by atoms with E-state index in [0.29, 0.717) is 0 Å². The number of esters is 1. The van der Waals surface area contributed by atoms with Crippen LogP contribution in [0, 0.1) is 5.82 Å². The summed E-state index contributed by atoms with van der Waals surface area (Å²) in [5.74, 6) is -2.53. The van der Waals surface area contributed by atoms with Gasteiger partial charge in [-0.15, -0.1) is 0 Å². The molecule has 1 aromatic heterocycles. The number of ketones is 1. The molecule has 1 atom stereocenters. The Morgan fingerprint density at radius 2 is 2.19 bits per heavy atom. The average molecular weight is 290 g/mol. The number of aromatic nitrogens is 1. The molecule has 4 nitrogen and oxygen atoms in total. The lowest BCUT2D eigenvalue weighted by Crippen LogP contribution is -2.14. The maximum absolute atomic E-state index is 13.7. The van der Waals surface area contributed by atoms with Crippen molar-refractivity contribution in [3.05, 3.63) is 23.6 Å². The van der Waals surface area contributed by atoms with Crippen LogP contribution in [0.15, 0.2) is 12.3 Å². The number of pyridine rings is 1.